The largest absolute Gasteiger partial charge is 0.390 e. The van der Waals surface area contributed by atoms with E-state index in [9.17, 15) is 15.0 Å². The summed E-state index contributed by atoms with van der Waals surface area (Å²) in [6.07, 6.45) is 2.44. The SMILES string of the molecule is CC(C)N(CCCNC(=O)Nc1cccc(Cl)c1)C[C@H]1C[C@@H](n2cnc3c(N)ncnc32)[C@H](O)[C@@H]1O. The summed E-state index contributed by atoms with van der Waals surface area (Å²) in [6, 6.07) is 6.55. The number of benzene rings is 1. The number of nitrogens with zero attached hydrogens (tertiary/aromatic N) is 5. The van der Waals surface area contributed by atoms with Crippen molar-refractivity contribution in [3.05, 3.63) is 41.9 Å². The molecule has 1 fully saturated rings. The van der Waals surface area contributed by atoms with Crippen LogP contribution in [0.25, 0.3) is 11.2 Å². The van der Waals surface area contributed by atoms with Crippen molar-refractivity contribution >= 4 is 40.3 Å². The Labute approximate surface area is 214 Å². The minimum absolute atomic E-state index is 0.136. The monoisotopic (exact) mass is 516 g/mol. The fourth-order valence-electron chi connectivity index (χ4n) is 4.76. The fraction of sp³-hybridized carbons (Fsp3) is 0.500. The smallest absolute Gasteiger partial charge is 0.319 e. The van der Waals surface area contributed by atoms with Crippen LogP contribution in [0.4, 0.5) is 16.3 Å². The molecular weight excluding hydrogens is 484 g/mol. The van der Waals surface area contributed by atoms with Crippen LogP contribution in [0.3, 0.4) is 0 Å². The lowest BCUT2D eigenvalue weighted by Gasteiger charge is -2.30. The zero-order chi connectivity index (χ0) is 25.8. The molecule has 2 amide bonds. The van der Waals surface area contributed by atoms with Crippen molar-refractivity contribution < 1.29 is 15.0 Å². The van der Waals surface area contributed by atoms with Crippen LogP contribution in [0, 0.1) is 5.92 Å². The Hall–Kier alpha value is -2.99. The first-order valence-corrected chi connectivity index (χ1v) is 12.5. The standard InChI is InChI=1S/C24H33ClN8O3/c1-14(2)32(8-4-7-27-24(36)31-17-6-3-5-16(25)10-17)11-15-9-18(21(35)20(15)34)33-13-30-19-22(26)28-12-29-23(19)33/h3,5-6,10,12-15,18,20-21,34-35H,4,7-9,11H2,1-2H3,(H2,26,28,29)(H2,27,31,36)/t15-,18-,20-,21+/m1/s1. The van der Waals surface area contributed by atoms with Crippen molar-refractivity contribution in [1.29, 1.82) is 0 Å². The maximum Gasteiger partial charge on any atom is 0.319 e. The molecule has 1 aromatic carbocycles. The number of nitrogens with two attached hydrogens (primary N) is 1. The predicted octanol–water partition coefficient (Wildman–Crippen LogP) is 2.27. The molecule has 1 aliphatic rings. The van der Waals surface area contributed by atoms with Gasteiger partial charge in [-0.05, 0) is 44.9 Å². The molecule has 0 bridgehead atoms. The second-order valence-electron chi connectivity index (χ2n) is 9.46. The maximum atomic E-state index is 12.2. The van der Waals surface area contributed by atoms with Gasteiger partial charge in [0.15, 0.2) is 11.5 Å². The molecule has 0 saturated heterocycles. The van der Waals surface area contributed by atoms with E-state index in [1.54, 1.807) is 35.2 Å². The summed E-state index contributed by atoms with van der Waals surface area (Å²) in [6.45, 7) is 6.03. The molecule has 0 aliphatic heterocycles. The molecular formula is C24H33ClN8O3. The summed E-state index contributed by atoms with van der Waals surface area (Å²) in [7, 11) is 0. The van der Waals surface area contributed by atoms with Crippen LogP contribution < -0.4 is 16.4 Å². The summed E-state index contributed by atoms with van der Waals surface area (Å²) >= 11 is 5.95. The third-order valence-corrected chi connectivity index (χ3v) is 6.94. The molecule has 4 atom stereocenters. The van der Waals surface area contributed by atoms with Gasteiger partial charge in [0.2, 0.25) is 0 Å². The van der Waals surface area contributed by atoms with Crippen molar-refractivity contribution in [2.75, 3.05) is 30.7 Å². The molecule has 1 aliphatic carbocycles. The van der Waals surface area contributed by atoms with E-state index in [1.807, 2.05) is 0 Å². The second kappa shape index (κ2) is 11.4. The summed E-state index contributed by atoms with van der Waals surface area (Å²) in [5.41, 5.74) is 7.56. The van der Waals surface area contributed by atoms with E-state index < -0.39 is 12.2 Å². The minimum atomic E-state index is -0.950. The highest BCUT2D eigenvalue weighted by atomic mass is 35.5. The molecule has 194 valence electrons. The number of carbonyl (C=O) groups is 1. The van der Waals surface area contributed by atoms with Crippen LogP contribution in [-0.4, -0.2) is 78.5 Å². The predicted molar refractivity (Wildman–Crippen MR) is 139 cm³/mol. The van der Waals surface area contributed by atoms with Crippen molar-refractivity contribution in [1.82, 2.24) is 29.7 Å². The highest BCUT2D eigenvalue weighted by Crippen LogP contribution is 2.37. The third-order valence-electron chi connectivity index (χ3n) is 6.71. The molecule has 0 radical (unpaired) electrons. The number of amides is 2. The summed E-state index contributed by atoms with van der Waals surface area (Å²) in [5.74, 6) is 0.146. The number of aromatic nitrogens is 4. The number of nitrogen functional groups attached to an aromatic ring is 1. The first kappa shape index (κ1) is 26.1. The Morgan fingerprint density at radius 1 is 1.28 bits per heavy atom. The molecule has 4 rings (SSSR count). The van der Waals surface area contributed by atoms with Crippen LogP contribution in [0.2, 0.25) is 5.02 Å². The quantitative estimate of drug-likeness (QED) is 0.271. The Bertz CT molecular complexity index is 1190. The van der Waals surface area contributed by atoms with Gasteiger partial charge in [0.1, 0.15) is 17.9 Å². The molecule has 0 spiro atoms. The highest BCUT2D eigenvalue weighted by molar-refractivity contribution is 6.30. The van der Waals surface area contributed by atoms with Crippen LogP contribution >= 0.6 is 11.6 Å². The average Bonchev–Trinajstić information content (AvgIpc) is 3.38. The van der Waals surface area contributed by atoms with Crippen molar-refractivity contribution in [3.63, 3.8) is 0 Å². The van der Waals surface area contributed by atoms with E-state index in [4.69, 9.17) is 17.3 Å². The van der Waals surface area contributed by atoms with Crippen LogP contribution in [0.5, 0.6) is 0 Å². The molecule has 0 unspecified atom stereocenters. The number of imidazole rings is 1. The molecule has 6 N–H and O–H groups in total. The topological polar surface area (TPSA) is 154 Å². The Balaban J connectivity index is 1.30. The number of fused-ring (bicyclic) bond motifs is 1. The van der Waals surface area contributed by atoms with E-state index in [0.29, 0.717) is 41.4 Å². The van der Waals surface area contributed by atoms with Gasteiger partial charge >= 0.3 is 6.03 Å². The fourth-order valence-corrected chi connectivity index (χ4v) is 4.95. The number of halogens is 1. The number of aliphatic hydroxyl groups is 2. The minimum Gasteiger partial charge on any atom is -0.390 e. The molecule has 2 aromatic heterocycles. The van der Waals surface area contributed by atoms with E-state index in [2.05, 4.69) is 44.3 Å². The lowest BCUT2D eigenvalue weighted by atomic mass is 10.0. The van der Waals surface area contributed by atoms with Gasteiger partial charge in [0, 0.05) is 42.3 Å². The van der Waals surface area contributed by atoms with Gasteiger partial charge in [-0.2, -0.15) is 0 Å². The van der Waals surface area contributed by atoms with Crippen LogP contribution in [-0.2, 0) is 0 Å². The molecule has 2 heterocycles. The Morgan fingerprint density at radius 2 is 2.08 bits per heavy atom. The number of urea groups is 1. The zero-order valence-corrected chi connectivity index (χ0v) is 21.1. The first-order chi connectivity index (χ1) is 17.2. The Morgan fingerprint density at radius 3 is 2.83 bits per heavy atom. The Kier molecular flexibility index (Phi) is 8.24. The number of aliphatic hydroxyl groups excluding tert-OH is 2. The van der Waals surface area contributed by atoms with Crippen molar-refractivity contribution in [2.45, 2.75) is 51.0 Å². The normalized spacial score (nSPS) is 22.0. The number of rotatable bonds is 9. The number of carbonyl (C=O) groups excluding carboxylic acids is 1. The summed E-state index contributed by atoms with van der Waals surface area (Å²) in [4.78, 5) is 26.9. The van der Waals surface area contributed by atoms with Crippen molar-refractivity contribution in [3.8, 4) is 0 Å². The summed E-state index contributed by atoms with van der Waals surface area (Å²) in [5, 5.41) is 27.9. The van der Waals surface area contributed by atoms with Gasteiger partial charge in [-0.1, -0.05) is 17.7 Å². The molecule has 3 aromatic rings. The lowest BCUT2D eigenvalue weighted by molar-refractivity contribution is -0.00171. The van der Waals surface area contributed by atoms with Crippen molar-refractivity contribution in [2.24, 2.45) is 5.92 Å². The molecule has 11 nitrogen and oxygen atoms in total. The number of anilines is 2. The van der Waals surface area contributed by atoms with Gasteiger partial charge in [-0.25, -0.2) is 19.7 Å². The second-order valence-corrected chi connectivity index (χ2v) is 9.90. The van der Waals surface area contributed by atoms with E-state index in [0.717, 1.165) is 13.0 Å². The molecule has 12 heteroatoms. The number of hydrogen-bond donors (Lipinski definition) is 5. The lowest BCUT2D eigenvalue weighted by Crippen LogP contribution is -2.41. The molecule has 1 saturated carbocycles. The van der Waals surface area contributed by atoms with Crippen LogP contribution in [0.1, 0.15) is 32.7 Å². The average molecular weight is 517 g/mol. The van der Waals surface area contributed by atoms with Gasteiger partial charge in [-0.15, -0.1) is 0 Å². The highest BCUT2D eigenvalue weighted by Gasteiger charge is 2.43. The van der Waals surface area contributed by atoms with Crippen LogP contribution in [0.15, 0.2) is 36.9 Å². The van der Waals surface area contributed by atoms with E-state index in [-0.39, 0.29) is 29.9 Å². The van der Waals surface area contributed by atoms with Gasteiger partial charge < -0.3 is 36.0 Å². The van der Waals surface area contributed by atoms with Gasteiger partial charge in [-0.3, -0.25) is 0 Å². The number of nitrogens with one attached hydrogen (secondary N) is 2. The third kappa shape index (κ3) is 5.86. The molecule has 36 heavy (non-hydrogen) atoms. The van der Waals surface area contributed by atoms with Gasteiger partial charge in [0.25, 0.3) is 0 Å². The van der Waals surface area contributed by atoms with Gasteiger partial charge in [0.05, 0.1) is 18.5 Å². The first-order valence-electron chi connectivity index (χ1n) is 12.1. The zero-order valence-electron chi connectivity index (χ0n) is 20.4. The van der Waals surface area contributed by atoms with E-state index in [1.165, 1.54) is 6.33 Å². The maximum absolute atomic E-state index is 12.2. The van der Waals surface area contributed by atoms with E-state index >= 15 is 0 Å². The number of hydrogen-bond acceptors (Lipinski definition) is 8. The summed E-state index contributed by atoms with van der Waals surface area (Å²) < 4.78 is 1.78.